The van der Waals surface area contributed by atoms with Crippen molar-refractivity contribution in [1.29, 1.82) is 0 Å². The van der Waals surface area contributed by atoms with Crippen molar-refractivity contribution in [1.82, 2.24) is 15.3 Å². The Labute approximate surface area is 86.3 Å². The van der Waals surface area contributed by atoms with Crippen LogP contribution in [0, 0.1) is 13.8 Å². The number of hydrogen-bond acceptors (Lipinski definition) is 2. The van der Waals surface area contributed by atoms with E-state index in [2.05, 4.69) is 22.2 Å². The molecule has 3 heteroatoms. The predicted octanol–water partition coefficient (Wildman–Crippen LogP) is 2.48. The van der Waals surface area contributed by atoms with Gasteiger partial charge in [0, 0.05) is 5.69 Å². The summed E-state index contributed by atoms with van der Waals surface area (Å²) in [4.78, 5) is 7.79. The van der Waals surface area contributed by atoms with Gasteiger partial charge in [0.1, 0.15) is 5.82 Å². The van der Waals surface area contributed by atoms with Gasteiger partial charge in [-0.15, -0.1) is 0 Å². The maximum atomic E-state index is 4.47. The summed E-state index contributed by atoms with van der Waals surface area (Å²) in [6.07, 6.45) is 2.48. The third-order valence-electron chi connectivity index (χ3n) is 2.54. The standard InChI is InChI=1S/C9H15N3.C2H6/c1-6-7(2)12-9(11-6)8-4-3-5-10-8;1-2/h8,10H,3-5H2,1-2H3,(H,11,12);1-2H3. The molecule has 0 bridgehead atoms. The highest BCUT2D eigenvalue weighted by Crippen LogP contribution is 2.20. The van der Waals surface area contributed by atoms with Crippen molar-refractivity contribution < 1.29 is 0 Å². The molecule has 2 heterocycles. The van der Waals surface area contributed by atoms with Gasteiger partial charge >= 0.3 is 0 Å². The van der Waals surface area contributed by atoms with Crippen LogP contribution in [0.5, 0.6) is 0 Å². The smallest absolute Gasteiger partial charge is 0.123 e. The van der Waals surface area contributed by atoms with Crippen molar-refractivity contribution in [3.63, 3.8) is 0 Å². The average molecular weight is 195 g/mol. The van der Waals surface area contributed by atoms with Gasteiger partial charge in [-0.2, -0.15) is 0 Å². The Bertz CT molecular complexity index is 253. The van der Waals surface area contributed by atoms with Crippen LogP contribution in [0.3, 0.4) is 0 Å². The van der Waals surface area contributed by atoms with Gasteiger partial charge in [0.25, 0.3) is 0 Å². The van der Waals surface area contributed by atoms with Crippen molar-refractivity contribution in [2.75, 3.05) is 6.54 Å². The number of nitrogens with one attached hydrogen (secondary N) is 2. The summed E-state index contributed by atoms with van der Waals surface area (Å²) >= 11 is 0. The van der Waals surface area contributed by atoms with Crippen molar-refractivity contribution in [2.24, 2.45) is 0 Å². The van der Waals surface area contributed by atoms with E-state index in [4.69, 9.17) is 0 Å². The Hall–Kier alpha value is -0.830. The fourth-order valence-electron chi connectivity index (χ4n) is 1.66. The highest BCUT2D eigenvalue weighted by atomic mass is 15.0. The van der Waals surface area contributed by atoms with Crippen LogP contribution in [0.15, 0.2) is 0 Å². The molecule has 1 aliphatic rings. The Morgan fingerprint density at radius 1 is 1.29 bits per heavy atom. The second-order valence-electron chi connectivity index (χ2n) is 3.48. The first-order valence-electron chi connectivity index (χ1n) is 5.54. The molecule has 0 saturated carbocycles. The molecule has 1 fully saturated rings. The molecule has 0 spiro atoms. The molecule has 2 N–H and O–H groups in total. The Kier molecular flexibility index (Phi) is 4.14. The van der Waals surface area contributed by atoms with E-state index in [1.54, 1.807) is 0 Å². The fourth-order valence-corrected chi connectivity index (χ4v) is 1.66. The van der Waals surface area contributed by atoms with Crippen molar-refractivity contribution in [2.45, 2.75) is 46.6 Å². The molecular formula is C11H21N3. The lowest BCUT2D eigenvalue weighted by atomic mass is 10.2. The van der Waals surface area contributed by atoms with Crippen LogP contribution in [0.4, 0.5) is 0 Å². The van der Waals surface area contributed by atoms with E-state index >= 15 is 0 Å². The molecule has 80 valence electrons. The third-order valence-corrected chi connectivity index (χ3v) is 2.54. The number of hydrogen-bond donors (Lipinski definition) is 2. The first-order chi connectivity index (χ1) is 6.77. The molecule has 1 atom stereocenters. The molecular weight excluding hydrogens is 174 g/mol. The maximum absolute atomic E-state index is 4.47. The van der Waals surface area contributed by atoms with Crippen molar-refractivity contribution in [3.05, 3.63) is 17.2 Å². The normalized spacial score (nSPS) is 20.4. The first kappa shape index (κ1) is 11.2. The van der Waals surface area contributed by atoms with Gasteiger partial charge in [-0.3, -0.25) is 0 Å². The summed E-state index contributed by atoms with van der Waals surface area (Å²) in [7, 11) is 0. The van der Waals surface area contributed by atoms with Gasteiger partial charge in [0.05, 0.1) is 11.7 Å². The van der Waals surface area contributed by atoms with Crippen LogP contribution in [0.25, 0.3) is 0 Å². The average Bonchev–Trinajstić information content (AvgIpc) is 2.80. The molecule has 0 aromatic carbocycles. The minimum atomic E-state index is 0.470. The highest BCUT2D eigenvalue weighted by Gasteiger charge is 2.19. The number of aromatic nitrogens is 2. The van der Waals surface area contributed by atoms with Gasteiger partial charge in [-0.25, -0.2) is 4.98 Å². The third kappa shape index (κ3) is 2.35. The monoisotopic (exact) mass is 195 g/mol. The van der Waals surface area contributed by atoms with Crippen LogP contribution < -0.4 is 5.32 Å². The predicted molar refractivity (Wildman–Crippen MR) is 59.4 cm³/mol. The molecule has 0 aliphatic carbocycles. The summed E-state index contributed by atoms with van der Waals surface area (Å²) in [5.41, 5.74) is 2.32. The second-order valence-corrected chi connectivity index (χ2v) is 3.48. The van der Waals surface area contributed by atoms with Gasteiger partial charge in [-0.1, -0.05) is 13.8 Å². The molecule has 1 aromatic rings. The Morgan fingerprint density at radius 2 is 2.00 bits per heavy atom. The molecule has 1 aromatic heterocycles. The summed E-state index contributed by atoms with van der Waals surface area (Å²) in [5, 5.41) is 3.42. The molecule has 2 rings (SSSR count). The van der Waals surface area contributed by atoms with E-state index < -0.39 is 0 Å². The first-order valence-corrected chi connectivity index (χ1v) is 5.54. The SMILES string of the molecule is CC.Cc1nc(C2CCCN2)[nH]c1C. The second kappa shape index (κ2) is 5.15. The molecule has 0 radical (unpaired) electrons. The molecule has 14 heavy (non-hydrogen) atoms. The van der Waals surface area contributed by atoms with Gasteiger partial charge in [0.15, 0.2) is 0 Å². The number of imidazole rings is 1. The van der Waals surface area contributed by atoms with E-state index in [9.17, 15) is 0 Å². The molecule has 1 unspecified atom stereocenters. The van der Waals surface area contributed by atoms with E-state index in [0.717, 1.165) is 18.1 Å². The van der Waals surface area contributed by atoms with Gasteiger partial charge in [0.2, 0.25) is 0 Å². The lowest BCUT2D eigenvalue weighted by Gasteiger charge is -2.04. The van der Waals surface area contributed by atoms with Crippen LogP contribution in [-0.2, 0) is 0 Å². The fraction of sp³-hybridized carbons (Fsp3) is 0.727. The summed E-state index contributed by atoms with van der Waals surface area (Å²) in [6.45, 7) is 9.24. The molecule has 1 saturated heterocycles. The zero-order valence-corrected chi connectivity index (χ0v) is 9.65. The summed E-state index contributed by atoms with van der Waals surface area (Å²) < 4.78 is 0. The minimum Gasteiger partial charge on any atom is -0.345 e. The molecule has 3 nitrogen and oxygen atoms in total. The van der Waals surface area contributed by atoms with E-state index in [0.29, 0.717) is 6.04 Å². The molecule has 0 amide bonds. The minimum absolute atomic E-state index is 0.470. The lowest BCUT2D eigenvalue weighted by molar-refractivity contribution is 0.611. The van der Waals surface area contributed by atoms with E-state index in [-0.39, 0.29) is 0 Å². The van der Waals surface area contributed by atoms with E-state index in [1.165, 1.54) is 18.5 Å². The van der Waals surface area contributed by atoms with Crippen LogP contribution in [-0.4, -0.2) is 16.5 Å². The maximum Gasteiger partial charge on any atom is 0.123 e. The highest BCUT2D eigenvalue weighted by molar-refractivity contribution is 5.13. The van der Waals surface area contributed by atoms with Gasteiger partial charge in [-0.05, 0) is 33.2 Å². The van der Waals surface area contributed by atoms with Crippen LogP contribution >= 0.6 is 0 Å². The number of aryl methyl sites for hydroxylation is 2. The van der Waals surface area contributed by atoms with Crippen LogP contribution in [0.1, 0.15) is 49.9 Å². The Balaban J connectivity index is 0.000000461. The summed E-state index contributed by atoms with van der Waals surface area (Å²) in [6, 6.07) is 0.470. The number of H-pyrrole nitrogens is 1. The Morgan fingerprint density at radius 3 is 2.43 bits per heavy atom. The quantitative estimate of drug-likeness (QED) is 0.722. The van der Waals surface area contributed by atoms with Crippen LogP contribution in [0.2, 0.25) is 0 Å². The largest absolute Gasteiger partial charge is 0.345 e. The zero-order chi connectivity index (χ0) is 10.6. The van der Waals surface area contributed by atoms with Crippen molar-refractivity contribution >= 4 is 0 Å². The summed E-state index contributed by atoms with van der Waals surface area (Å²) in [5.74, 6) is 1.11. The van der Waals surface area contributed by atoms with Crippen molar-refractivity contribution in [3.8, 4) is 0 Å². The molecule has 1 aliphatic heterocycles. The topological polar surface area (TPSA) is 40.7 Å². The number of nitrogens with zero attached hydrogens (tertiary/aromatic N) is 1. The number of rotatable bonds is 1. The zero-order valence-electron chi connectivity index (χ0n) is 9.65. The lowest BCUT2D eigenvalue weighted by Crippen LogP contribution is -2.14. The van der Waals surface area contributed by atoms with Gasteiger partial charge < -0.3 is 10.3 Å². The number of aromatic amines is 1. The van der Waals surface area contributed by atoms with E-state index in [1.807, 2.05) is 20.8 Å².